The van der Waals surface area contributed by atoms with Gasteiger partial charge in [-0.25, -0.2) is 14.8 Å². The monoisotopic (exact) mass is 520 g/mol. The fourth-order valence-corrected chi connectivity index (χ4v) is 3.81. The highest BCUT2D eigenvalue weighted by molar-refractivity contribution is 5.88. The number of rotatable bonds is 6. The number of imidazole rings is 2. The van der Waals surface area contributed by atoms with Crippen LogP contribution in [0.4, 0.5) is 0 Å². The van der Waals surface area contributed by atoms with Crippen LogP contribution in [0.3, 0.4) is 0 Å². The number of hydrogen-bond donors (Lipinski definition) is 2. The molecule has 6 aromatic rings. The van der Waals surface area contributed by atoms with Crippen molar-refractivity contribution in [2.24, 2.45) is 7.05 Å². The fraction of sp³-hybridized carbons (Fsp3) is 0.111. The molecule has 0 atom stereocenters. The lowest BCUT2D eigenvalue weighted by Gasteiger charge is -2.05. The second kappa shape index (κ2) is 11.3. The third-order valence-electron chi connectivity index (χ3n) is 5.85. The van der Waals surface area contributed by atoms with Crippen LogP contribution in [0.1, 0.15) is 21.5 Å². The Morgan fingerprint density at radius 2 is 1.64 bits per heavy atom. The van der Waals surface area contributed by atoms with E-state index in [4.69, 9.17) is 5.11 Å². The summed E-state index contributed by atoms with van der Waals surface area (Å²) in [6, 6.07) is 15.1. The molecular weight excluding hydrogens is 496 g/mol. The maximum atomic E-state index is 10.7. The van der Waals surface area contributed by atoms with Gasteiger partial charge in [0.1, 0.15) is 11.4 Å². The Balaban J connectivity index is 0.000000177. The molecule has 2 N–H and O–H groups in total. The lowest BCUT2D eigenvalue weighted by Crippen LogP contribution is -1.98. The van der Waals surface area contributed by atoms with E-state index in [1.807, 2.05) is 37.8 Å². The van der Waals surface area contributed by atoms with E-state index in [0.717, 1.165) is 23.5 Å². The summed E-state index contributed by atoms with van der Waals surface area (Å²) >= 11 is 0. The number of hydrogen-bond acceptors (Lipinski definition) is 8. The average Bonchev–Trinajstić information content (AvgIpc) is 3.73. The summed E-state index contributed by atoms with van der Waals surface area (Å²) in [6.07, 6.45) is 10.4. The zero-order chi connectivity index (χ0) is 27.2. The first-order chi connectivity index (χ1) is 19.0. The van der Waals surface area contributed by atoms with Crippen LogP contribution in [-0.2, 0) is 13.6 Å². The third-order valence-corrected chi connectivity index (χ3v) is 5.85. The molecule has 0 saturated carbocycles. The Labute approximate surface area is 223 Å². The van der Waals surface area contributed by atoms with Gasteiger partial charge in [0.05, 0.1) is 29.6 Å². The molecule has 0 spiro atoms. The topological polar surface area (TPSA) is 153 Å². The molecule has 0 bridgehead atoms. The minimum absolute atomic E-state index is 0.214. The summed E-state index contributed by atoms with van der Waals surface area (Å²) < 4.78 is 3.84. The van der Waals surface area contributed by atoms with Gasteiger partial charge in [0, 0.05) is 43.9 Å². The molecule has 0 aliphatic rings. The van der Waals surface area contributed by atoms with Crippen molar-refractivity contribution in [1.29, 1.82) is 0 Å². The minimum Gasteiger partial charge on any atom is -0.478 e. The molecule has 0 aliphatic carbocycles. The predicted octanol–water partition coefficient (Wildman–Crippen LogP) is 3.66. The number of carbonyl (C=O) groups is 1. The molecule has 6 rings (SSSR count). The first kappa shape index (κ1) is 25.1. The first-order valence-electron chi connectivity index (χ1n) is 11.9. The molecule has 0 fully saturated rings. The van der Waals surface area contributed by atoms with E-state index in [2.05, 4.69) is 70.2 Å². The van der Waals surface area contributed by atoms with E-state index < -0.39 is 5.97 Å². The van der Waals surface area contributed by atoms with Crippen molar-refractivity contribution in [3.05, 3.63) is 103 Å². The van der Waals surface area contributed by atoms with Crippen molar-refractivity contribution in [2.75, 3.05) is 0 Å². The van der Waals surface area contributed by atoms with Crippen molar-refractivity contribution in [3.63, 3.8) is 0 Å². The second-order valence-corrected chi connectivity index (χ2v) is 8.68. The van der Waals surface area contributed by atoms with Crippen molar-refractivity contribution in [2.45, 2.75) is 13.5 Å². The average molecular weight is 521 g/mol. The van der Waals surface area contributed by atoms with Gasteiger partial charge in [-0.1, -0.05) is 24.3 Å². The molecule has 39 heavy (non-hydrogen) atoms. The molecule has 12 nitrogen and oxygen atoms in total. The molecule has 0 unspecified atom stereocenters. The van der Waals surface area contributed by atoms with Crippen LogP contribution in [-0.4, -0.2) is 60.8 Å². The fourth-order valence-electron chi connectivity index (χ4n) is 3.81. The molecule has 5 aromatic heterocycles. The minimum atomic E-state index is -0.963. The third kappa shape index (κ3) is 6.07. The lowest BCUT2D eigenvalue weighted by atomic mass is 10.1. The number of nitrogens with one attached hydrogen (secondary N) is 1. The number of H-pyrrole nitrogens is 1. The molecule has 0 amide bonds. The van der Waals surface area contributed by atoms with Gasteiger partial charge in [-0.2, -0.15) is 5.21 Å². The Kier molecular flexibility index (Phi) is 7.26. The second-order valence-electron chi connectivity index (χ2n) is 8.68. The van der Waals surface area contributed by atoms with Gasteiger partial charge in [-0.05, 0) is 47.5 Å². The van der Waals surface area contributed by atoms with Crippen LogP contribution in [0.15, 0.2) is 86.0 Å². The van der Waals surface area contributed by atoms with Gasteiger partial charge in [-0.3, -0.25) is 9.97 Å². The van der Waals surface area contributed by atoms with E-state index in [9.17, 15) is 4.79 Å². The molecule has 1 aromatic carbocycles. The lowest BCUT2D eigenvalue weighted by molar-refractivity contribution is 0.0697. The van der Waals surface area contributed by atoms with Crippen molar-refractivity contribution in [1.82, 2.24) is 49.7 Å². The number of pyridine rings is 2. The summed E-state index contributed by atoms with van der Waals surface area (Å²) in [6.45, 7) is 2.90. The van der Waals surface area contributed by atoms with E-state index in [-0.39, 0.29) is 5.56 Å². The van der Waals surface area contributed by atoms with Crippen LogP contribution in [0.5, 0.6) is 0 Å². The van der Waals surface area contributed by atoms with Crippen LogP contribution < -0.4 is 0 Å². The maximum absolute atomic E-state index is 10.7. The first-order valence-corrected chi connectivity index (χ1v) is 11.9. The molecular formula is C27H24N10O2. The number of aromatic amines is 1. The number of nitrogens with zero attached hydrogens (tertiary/aromatic N) is 9. The van der Waals surface area contributed by atoms with Gasteiger partial charge >= 0.3 is 5.97 Å². The zero-order valence-corrected chi connectivity index (χ0v) is 21.2. The van der Waals surface area contributed by atoms with Gasteiger partial charge in [0.25, 0.3) is 0 Å². The Morgan fingerprint density at radius 3 is 2.36 bits per heavy atom. The van der Waals surface area contributed by atoms with Gasteiger partial charge < -0.3 is 14.2 Å². The highest BCUT2D eigenvalue weighted by Gasteiger charge is 2.09. The number of aromatic nitrogens is 10. The van der Waals surface area contributed by atoms with Gasteiger partial charge in [0.15, 0.2) is 0 Å². The Bertz CT molecular complexity index is 1710. The molecule has 12 heteroatoms. The molecule has 0 aliphatic heterocycles. The summed E-state index contributed by atoms with van der Waals surface area (Å²) in [4.78, 5) is 27.8. The van der Waals surface area contributed by atoms with Crippen LogP contribution in [0.2, 0.25) is 0 Å². The number of carboxylic acid groups (broad SMARTS) is 1. The van der Waals surface area contributed by atoms with Crippen LogP contribution in [0, 0.1) is 6.92 Å². The van der Waals surface area contributed by atoms with Crippen molar-refractivity contribution < 1.29 is 9.90 Å². The van der Waals surface area contributed by atoms with E-state index in [0.29, 0.717) is 17.2 Å². The highest BCUT2D eigenvalue weighted by atomic mass is 16.4. The SMILES string of the molecule is Cc1ccccc1Cn1cnc(-c2cc(-c3nn[nH]n3)ccn2)c1.Cn1cnc(-c2cc(C(=O)O)ccn2)c1. The summed E-state index contributed by atoms with van der Waals surface area (Å²) in [7, 11) is 1.84. The largest absolute Gasteiger partial charge is 0.478 e. The molecule has 0 saturated heterocycles. The number of benzene rings is 1. The van der Waals surface area contributed by atoms with Crippen molar-refractivity contribution >= 4 is 5.97 Å². The molecule has 194 valence electrons. The summed E-state index contributed by atoms with van der Waals surface area (Å²) in [5.41, 5.74) is 6.43. The molecule has 0 radical (unpaired) electrons. The zero-order valence-electron chi connectivity index (χ0n) is 21.2. The quantitative estimate of drug-likeness (QED) is 0.335. The summed E-state index contributed by atoms with van der Waals surface area (Å²) in [5, 5.41) is 22.8. The number of carboxylic acids is 1. The number of aromatic carboxylic acids is 1. The molecule has 5 heterocycles. The van der Waals surface area contributed by atoms with Gasteiger partial charge in [-0.15, -0.1) is 10.2 Å². The maximum Gasteiger partial charge on any atom is 0.335 e. The summed E-state index contributed by atoms with van der Waals surface area (Å²) in [5.74, 6) is -0.424. The standard InChI is InChI=1S/C17H15N7.C10H9N3O2/c1-12-4-2-3-5-14(12)9-24-10-16(19-11-24)15-8-13(6-7-18-15)17-20-22-23-21-17;1-13-5-9(12-6-13)8-4-7(10(14)15)2-3-11-8/h2-8,10-11H,9H2,1H3,(H,20,21,22,23);2-6H,1H3,(H,14,15). The Morgan fingerprint density at radius 1 is 0.897 bits per heavy atom. The van der Waals surface area contributed by atoms with Crippen molar-refractivity contribution in [3.8, 4) is 34.2 Å². The Hall–Kier alpha value is -5.52. The smallest absolute Gasteiger partial charge is 0.335 e. The normalized spacial score (nSPS) is 10.6. The van der Waals surface area contributed by atoms with Crippen LogP contribution >= 0.6 is 0 Å². The van der Waals surface area contributed by atoms with E-state index in [1.54, 1.807) is 23.3 Å². The van der Waals surface area contributed by atoms with Crippen LogP contribution in [0.25, 0.3) is 34.2 Å². The predicted molar refractivity (Wildman–Crippen MR) is 142 cm³/mol. The van der Waals surface area contributed by atoms with E-state index >= 15 is 0 Å². The van der Waals surface area contributed by atoms with Gasteiger partial charge in [0.2, 0.25) is 5.82 Å². The number of aryl methyl sites for hydroxylation is 2. The highest BCUT2D eigenvalue weighted by Crippen LogP contribution is 2.21. The number of tetrazole rings is 1. The van der Waals surface area contributed by atoms with E-state index in [1.165, 1.54) is 29.5 Å².